The highest BCUT2D eigenvalue weighted by Gasteiger charge is 2.28. The Morgan fingerprint density at radius 3 is 2.82 bits per heavy atom. The number of halogens is 1. The predicted molar refractivity (Wildman–Crippen MR) is 127 cm³/mol. The minimum absolute atomic E-state index is 0.0543. The van der Waals surface area contributed by atoms with Crippen LogP contribution in [-0.2, 0) is 7.05 Å². The van der Waals surface area contributed by atoms with Crippen LogP contribution >= 0.6 is 0 Å². The Hall–Kier alpha value is -4.03. The SMILES string of the molecule is [C-]#[N+]c1ccc(-c2nc(C(=O)N3CCC[C@@H](N)C3)c(C)n2-c2ccc3cn(C)nc3c2)cc1F. The molecule has 2 aromatic heterocycles. The molecule has 0 saturated carbocycles. The van der Waals surface area contributed by atoms with Gasteiger partial charge >= 0.3 is 0 Å². The zero-order valence-electron chi connectivity index (χ0n) is 19.0. The lowest BCUT2D eigenvalue weighted by Crippen LogP contribution is -2.46. The third-order valence-corrected chi connectivity index (χ3v) is 6.25. The maximum atomic E-state index is 14.5. The van der Waals surface area contributed by atoms with Gasteiger partial charge in [-0.1, -0.05) is 12.1 Å². The monoisotopic (exact) mass is 457 g/mol. The van der Waals surface area contributed by atoms with Crippen molar-refractivity contribution in [3.05, 3.63) is 71.2 Å². The Morgan fingerprint density at radius 2 is 2.09 bits per heavy atom. The Kier molecular flexibility index (Phi) is 5.38. The van der Waals surface area contributed by atoms with Gasteiger partial charge in [0.15, 0.2) is 0 Å². The zero-order valence-corrected chi connectivity index (χ0v) is 19.0. The molecule has 5 rings (SSSR count). The highest BCUT2D eigenvalue weighted by molar-refractivity contribution is 5.95. The first kappa shape index (κ1) is 21.8. The number of fused-ring (bicyclic) bond motifs is 1. The minimum Gasteiger partial charge on any atom is -0.336 e. The molecule has 1 aliphatic rings. The van der Waals surface area contributed by atoms with Gasteiger partial charge in [0.25, 0.3) is 5.91 Å². The number of nitrogens with two attached hydrogens (primary N) is 1. The molecule has 1 atom stereocenters. The molecule has 0 unspecified atom stereocenters. The molecule has 1 saturated heterocycles. The molecule has 1 amide bonds. The number of likely N-dealkylation sites (tertiary alicyclic amines) is 1. The molecule has 0 bridgehead atoms. The fourth-order valence-corrected chi connectivity index (χ4v) is 4.56. The van der Waals surface area contributed by atoms with Gasteiger partial charge in [-0.3, -0.25) is 14.0 Å². The fraction of sp³-hybridized carbons (Fsp3) is 0.280. The third kappa shape index (κ3) is 3.72. The number of benzene rings is 2. The van der Waals surface area contributed by atoms with Gasteiger partial charge in [0.2, 0.25) is 5.69 Å². The summed E-state index contributed by atoms with van der Waals surface area (Å²) in [5, 5.41) is 5.48. The number of amides is 1. The van der Waals surface area contributed by atoms with E-state index < -0.39 is 5.82 Å². The summed E-state index contributed by atoms with van der Waals surface area (Å²) in [6, 6.07) is 10.1. The minimum atomic E-state index is -0.630. The first-order valence-electron chi connectivity index (χ1n) is 11.1. The van der Waals surface area contributed by atoms with Crippen molar-refractivity contribution in [1.29, 1.82) is 0 Å². The number of piperidine rings is 1. The van der Waals surface area contributed by atoms with E-state index in [-0.39, 0.29) is 17.6 Å². The van der Waals surface area contributed by atoms with Crippen LogP contribution in [0, 0.1) is 19.3 Å². The summed E-state index contributed by atoms with van der Waals surface area (Å²) in [5.41, 5.74) is 9.02. The molecule has 1 fully saturated rings. The maximum Gasteiger partial charge on any atom is 0.274 e. The van der Waals surface area contributed by atoms with Crippen LogP contribution in [0.3, 0.4) is 0 Å². The van der Waals surface area contributed by atoms with E-state index in [1.807, 2.05) is 42.9 Å². The Labute approximate surface area is 196 Å². The number of rotatable bonds is 3. The molecule has 2 N–H and O–H groups in total. The molecule has 9 heteroatoms. The van der Waals surface area contributed by atoms with Crippen LogP contribution in [-0.4, -0.2) is 49.3 Å². The predicted octanol–water partition coefficient (Wildman–Crippen LogP) is 3.99. The second-order valence-corrected chi connectivity index (χ2v) is 8.68. The van der Waals surface area contributed by atoms with Crippen LogP contribution in [0.4, 0.5) is 10.1 Å². The Balaban J connectivity index is 1.68. The summed E-state index contributed by atoms with van der Waals surface area (Å²) in [6.07, 6.45) is 3.66. The third-order valence-electron chi connectivity index (χ3n) is 6.25. The van der Waals surface area contributed by atoms with Crippen LogP contribution in [0.5, 0.6) is 0 Å². The Morgan fingerprint density at radius 1 is 1.26 bits per heavy atom. The number of aryl methyl sites for hydroxylation is 1. The molecular weight excluding hydrogens is 433 g/mol. The maximum absolute atomic E-state index is 14.5. The van der Waals surface area contributed by atoms with Crippen LogP contribution in [0.25, 0.3) is 32.8 Å². The standard InChI is InChI=1S/C25H24FN7O/c1-15-23(25(34)32-10-4-5-18(27)14-32)29-24(16-7-9-21(28-2)20(26)11-16)33(15)19-8-6-17-13-31(3)30-22(17)12-19/h6-9,11-13,18H,4-5,10,14,27H2,1,3H3/t18-/m1/s1. The van der Waals surface area contributed by atoms with E-state index in [4.69, 9.17) is 17.3 Å². The molecular formula is C25H24FN7O. The van der Waals surface area contributed by atoms with E-state index in [2.05, 4.69) is 9.94 Å². The van der Waals surface area contributed by atoms with Gasteiger partial charge < -0.3 is 10.6 Å². The number of carbonyl (C=O) groups excluding carboxylic acids is 1. The number of hydrogen-bond acceptors (Lipinski definition) is 4. The summed E-state index contributed by atoms with van der Waals surface area (Å²) in [6.45, 7) is 10.1. The fourth-order valence-electron chi connectivity index (χ4n) is 4.56. The van der Waals surface area contributed by atoms with E-state index in [9.17, 15) is 9.18 Å². The zero-order chi connectivity index (χ0) is 24.0. The molecule has 172 valence electrons. The van der Waals surface area contributed by atoms with Crippen molar-refractivity contribution >= 4 is 22.5 Å². The number of carbonyl (C=O) groups is 1. The molecule has 2 aromatic carbocycles. The smallest absolute Gasteiger partial charge is 0.274 e. The lowest BCUT2D eigenvalue weighted by atomic mass is 10.1. The summed E-state index contributed by atoms with van der Waals surface area (Å²) in [4.78, 5) is 23.1. The number of hydrogen-bond donors (Lipinski definition) is 1. The first-order valence-corrected chi connectivity index (χ1v) is 11.1. The quantitative estimate of drug-likeness (QED) is 0.472. The van der Waals surface area contributed by atoms with Gasteiger partial charge in [0, 0.05) is 49.0 Å². The van der Waals surface area contributed by atoms with Crippen molar-refractivity contribution in [1.82, 2.24) is 24.2 Å². The van der Waals surface area contributed by atoms with Crippen LogP contribution < -0.4 is 5.73 Å². The van der Waals surface area contributed by atoms with Gasteiger partial charge in [-0.15, -0.1) is 0 Å². The summed E-state index contributed by atoms with van der Waals surface area (Å²) in [7, 11) is 1.86. The largest absolute Gasteiger partial charge is 0.336 e. The summed E-state index contributed by atoms with van der Waals surface area (Å²) in [5.74, 6) is -0.396. The van der Waals surface area contributed by atoms with E-state index in [0.29, 0.717) is 35.9 Å². The number of nitrogens with zero attached hydrogens (tertiary/aromatic N) is 6. The number of imidazole rings is 1. The molecule has 3 heterocycles. The molecule has 1 aliphatic heterocycles. The van der Waals surface area contributed by atoms with Gasteiger partial charge in [0.1, 0.15) is 17.3 Å². The lowest BCUT2D eigenvalue weighted by Gasteiger charge is -2.30. The highest BCUT2D eigenvalue weighted by atomic mass is 19.1. The van der Waals surface area contributed by atoms with Crippen molar-refractivity contribution in [2.24, 2.45) is 12.8 Å². The van der Waals surface area contributed by atoms with Gasteiger partial charge in [-0.25, -0.2) is 14.2 Å². The molecule has 0 radical (unpaired) electrons. The summed E-state index contributed by atoms with van der Waals surface area (Å²) < 4.78 is 18.1. The van der Waals surface area contributed by atoms with Crippen molar-refractivity contribution in [3.8, 4) is 17.1 Å². The first-order chi connectivity index (χ1) is 16.4. The van der Waals surface area contributed by atoms with E-state index in [1.54, 1.807) is 15.6 Å². The van der Waals surface area contributed by atoms with Crippen LogP contribution in [0.2, 0.25) is 0 Å². The number of aromatic nitrogens is 4. The lowest BCUT2D eigenvalue weighted by molar-refractivity contribution is 0.0702. The van der Waals surface area contributed by atoms with Crippen molar-refractivity contribution < 1.29 is 9.18 Å². The van der Waals surface area contributed by atoms with Crippen molar-refractivity contribution in [2.75, 3.05) is 13.1 Å². The molecule has 34 heavy (non-hydrogen) atoms. The second kappa shape index (κ2) is 8.39. The van der Waals surface area contributed by atoms with Crippen LogP contribution in [0.15, 0.2) is 42.6 Å². The summed E-state index contributed by atoms with van der Waals surface area (Å²) >= 11 is 0. The Bertz CT molecular complexity index is 1460. The topological polar surface area (TPSA) is 86.3 Å². The van der Waals surface area contributed by atoms with E-state index in [1.165, 1.54) is 12.1 Å². The van der Waals surface area contributed by atoms with Crippen LogP contribution in [0.1, 0.15) is 29.0 Å². The van der Waals surface area contributed by atoms with Crippen molar-refractivity contribution in [3.63, 3.8) is 0 Å². The molecule has 8 nitrogen and oxygen atoms in total. The average Bonchev–Trinajstić information content (AvgIpc) is 3.36. The normalized spacial score (nSPS) is 16.1. The van der Waals surface area contributed by atoms with Gasteiger partial charge in [-0.05, 0) is 44.0 Å². The van der Waals surface area contributed by atoms with E-state index >= 15 is 0 Å². The van der Waals surface area contributed by atoms with Gasteiger partial charge in [0.05, 0.1) is 17.8 Å². The molecule has 0 spiro atoms. The molecule has 0 aliphatic carbocycles. The van der Waals surface area contributed by atoms with E-state index in [0.717, 1.165) is 29.4 Å². The second-order valence-electron chi connectivity index (χ2n) is 8.68. The molecule has 4 aromatic rings. The van der Waals surface area contributed by atoms with Crippen molar-refractivity contribution in [2.45, 2.75) is 25.8 Å². The highest BCUT2D eigenvalue weighted by Crippen LogP contribution is 2.31. The van der Waals surface area contributed by atoms with Gasteiger partial charge in [-0.2, -0.15) is 5.10 Å². The average molecular weight is 458 g/mol.